The fraction of sp³-hybridized carbons (Fsp3) is 0.562. The quantitative estimate of drug-likeness (QED) is 0.672. The Kier molecular flexibility index (Phi) is 7.91. The van der Waals surface area contributed by atoms with E-state index in [-0.39, 0.29) is 12.0 Å². The lowest BCUT2D eigenvalue weighted by Gasteiger charge is -2.11. The van der Waals surface area contributed by atoms with Gasteiger partial charge in [0.05, 0.1) is 6.10 Å². The van der Waals surface area contributed by atoms with Crippen LogP contribution in [-0.2, 0) is 0 Å². The summed E-state index contributed by atoms with van der Waals surface area (Å²) in [5.74, 6) is -0.0706. The van der Waals surface area contributed by atoms with E-state index in [1.54, 1.807) is 12.1 Å². The molecule has 0 aromatic heterocycles. The van der Waals surface area contributed by atoms with Crippen LogP contribution in [0.1, 0.15) is 55.8 Å². The molecule has 106 valence electrons. The molecule has 0 fully saturated rings. The van der Waals surface area contributed by atoms with Crippen LogP contribution in [0.25, 0.3) is 0 Å². The summed E-state index contributed by atoms with van der Waals surface area (Å²) >= 11 is 0. The maximum atomic E-state index is 11.7. The van der Waals surface area contributed by atoms with Crippen molar-refractivity contribution in [2.75, 3.05) is 6.54 Å². The zero-order chi connectivity index (χ0) is 13.9. The number of nitrogens with one attached hydrogen (secondary N) is 1. The average Bonchev–Trinajstić information content (AvgIpc) is 2.44. The molecule has 3 nitrogen and oxygen atoms in total. The molecule has 1 amide bonds. The Balaban J connectivity index is 2.11. The molecule has 1 rings (SSSR count). The third kappa shape index (κ3) is 6.97. The molecule has 0 saturated carbocycles. The number of amides is 1. The summed E-state index contributed by atoms with van der Waals surface area (Å²) in [6, 6.07) is 9.15. The highest BCUT2D eigenvalue weighted by atomic mass is 16.3. The number of carbonyl (C=O) groups excluding carboxylic acids is 1. The molecule has 1 unspecified atom stereocenters. The average molecular weight is 263 g/mol. The van der Waals surface area contributed by atoms with Gasteiger partial charge < -0.3 is 10.4 Å². The number of aliphatic hydroxyl groups is 1. The second-order valence-electron chi connectivity index (χ2n) is 4.91. The first-order valence-corrected chi connectivity index (χ1v) is 7.25. The maximum absolute atomic E-state index is 11.7. The monoisotopic (exact) mass is 263 g/mol. The van der Waals surface area contributed by atoms with E-state index in [2.05, 4.69) is 12.2 Å². The standard InChI is InChI=1S/C16H25NO2/c1-2-3-4-8-11-15(18)12-13-17-16(19)14-9-6-5-7-10-14/h5-7,9-10,15,18H,2-4,8,11-13H2,1H3,(H,17,19). The van der Waals surface area contributed by atoms with Crippen molar-refractivity contribution in [2.45, 2.75) is 51.6 Å². The van der Waals surface area contributed by atoms with Crippen molar-refractivity contribution in [1.82, 2.24) is 5.32 Å². The molecule has 0 radical (unpaired) electrons. The molecule has 0 saturated heterocycles. The Bertz CT molecular complexity index is 351. The van der Waals surface area contributed by atoms with Crippen LogP contribution in [0.2, 0.25) is 0 Å². The van der Waals surface area contributed by atoms with Crippen LogP contribution < -0.4 is 5.32 Å². The number of hydrogen-bond acceptors (Lipinski definition) is 2. The van der Waals surface area contributed by atoms with E-state index in [0.717, 1.165) is 12.8 Å². The molecule has 0 spiro atoms. The predicted octanol–water partition coefficient (Wildman–Crippen LogP) is 3.14. The molecule has 1 aromatic rings. The molecule has 0 aliphatic carbocycles. The first kappa shape index (κ1) is 15.7. The summed E-state index contributed by atoms with van der Waals surface area (Å²) < 4.78 is 0. The number of aliphatic hydroxyl groups excluding tert-OH is 1. The number of carbonyl (C=O) groups is 1. The van der Waals surface area contributed by atoms with Gasteiger partial charge in [0.1, 0.15) is 0 Å². The molecule has 0 aliphatic rings. The molecule has 0 aliphatic heterocycles. The van der Waals surface area contributed by atoms with E-state index in [0.29, 0.717) is 18.5 Å². The third-order valence-corrected chi connectivity index (χ3v) is 3.19. The summed E-state index contributed by atoms with van der Waals surface area (Å²) in [6.07, 6.45) is 5.87. The highest BCUT2D eigenvalue weighted by Crippen LogP contribution is 2.07. The van der Waals surface area contributed by atoms with Gasteiger partial charge in [-0.1, -0.05) is 50.8 Å². The molecule has 0 bridgehead atoms. The van der Waals surface area contributed by atoms with Crippen LogP contribution in [0.15, 0.2) is 30.3 Å². The molecular formula is C16H25NO2. The van der Waals surface area contributed by atoms with Crippen molar-refractivity contribution in [3.63, 3.8) is 0 Å². The Labute approximate surface area is 116 Å². The minimum absolute atomic E-state index is 0.0706. The summed E-state index contributed by atoms with van der Waals surface area (Å²) in [7, 11) is 0. The first-order valence-electron chi connectivity index (χ1n) is 7.25. The SMILES string of the molecule is CCCCCCC(O)CCNC(=O)c1ccccc1. The van der Waals surface area contributed by atoms with Gasteiger partial charge >= 0.3 is 0 Å². The molecule has 2 N–H and O–H groups in total. The van der Waals surface area contributed by atoms with Gasteiger partial charge in [-0.2, -0.15) is 0 Å². The molecule has 1 aromatic carbocycles. The van der Waals surface area contributed by atoms with Crippen LogP contribution in [0.5, 0.6) is 0 Å². The second kappa shape index (κ2) is 9.56. The van der Waals surface area contributed by atoms with E-state index in [9.17, 15) is 9.90 Å². The van der Waals surface area contributed by atoms with Gasteiger partial charge in [-0.15, -0.1) is 0 Å². The fourth-order valence-corrected chi connectivity index (χ4v) is 1.99. The van der Waals surface area contributed by atoms with Crippen molar-refractivity contribution >= 4 is 5.91 Å². The van der Waals surface area contributed by atoms with Gasteiger partial charge in [0.25, 0.3) is 5.91 Å². The number of rotatable bonds is 9. The summed E-state index contributed by atoms with van der Waals surface area (Å²) in [4.78, 5) is 11.7. The predicted molar refractivity (Wildman–Crippen MR) is 78.2 cm³/mol. The van der Waals surface area contributed by atoms with Crippen LogP contribution in [-0.4, -0.2) is 23.7 Å². The zero-order valence-corrected chi connectivity index (χ0v) is 11.8. The smallest absolute Gasteiger partial charge is 0.251 e. The zero-order valence-electron chi connectivity index (χ0n) is 11.8. The maximum Gasteiger partial charge on any atom is 0.251 e. The minimum atomic E-state index is -0.298. The minimum Gasteiger partial charge on any atom is -0.393 e. The normalized spacial score (nSPS) is 12.1. The van der Waals surface area contributed by atoms with Gasteiger partial charge in [-0.3, -0.25) is 4.79 Å². The van der Waals surface area contributed by atoms with E-state index in [1.807, 2.05) is 18.2 Å². The van der Waals surface area contributed by atoms with E-state index in [4.69, 9.17) is 0 Å². The lowest BCUT2D eigenvalue weighted by Crippen LogP contribution is -2.27. The first-order chi connectivity index (χ1) is 9.24. The van der Waals surface area contributed by atoms with Gasteiger partial charge in [-0.05, 0) is 25.0 Å². The van der Waals surface area contributed by atoms with Crippen molar-refractivity contribution in [2.24, 2.45) is 0 Å². The van der Waals surface area contributed by atoms with Crippen LogP contribution in [0.4, 0.5) is 0 Å². The van der Waals surface area contributed by atoms with Crippen LogP contribution in [0.3, 0.4) is 0 Å². The molecule has 0 heterocycles. The van der Waals surface area contributed by atoms with E-state index in [1.165, 1.54) is 19.3 Å². The third-order valence-electron chi connectivity index (χ3n) is 3.19. The van der Waals surface area contributed by atoms with E-state index >= 15 is 0 Å². The van der Waals surface area contributed by atoms with Gasteiger partial charge in [0.15, 0.2) is 0 Å². The van der Waals surface area contributed by atoms with Crippen LogP contribution in [0, 0.1) is 0 Å². The lowest BCUT2D eigenvalue weighted by atomic mass is 10.1. The van der Waals surface area contributed by atoms with Gasteiger partial charge in [-0.25, -0.2) is 0 Å². The van der Waals surface area contributed by atoms with E-state index < -0.39 is 0 Å². The molecule has 3 heteroatoms. The van der Waals surface area contributed by atoms with Crippen molar-refractivity contribution in [3.05, 3.63) is 35.9 Å². The largest absolute Gasteiger partial charge is 0.393 e. The highest BCUT2D eigenvalue weighted by Gasteiger charge is 2.06. The topological polar surface area (TPSA) is 49.3 Å². The highest BCUT2D eigenvalue weighted by molar-refractivity contribution is 5.94. The Morgan fingerprint density at radius 2 is 1.89 bits per heavy atom. The summed E-state index contributed by atoms with van der Waals surface area (Å²) in [6.45, 7) is 2.71. The van der Waals surface area contributed by atoms with Crippen molar-refractivity contribution in [1.29, 1.82) is 0 Å². The Morgan fingerprint density at radius 3 is 2.58 bits per heavy atom. The van der Waals surface area contributed by atoms with Gasteiger partial charge in [0.2, 0.25) is 0 Å². The van der Waals surface area contributed by atoms with Gasteiger partial charge in [0, 0.05) is 12.1 Å². The molecule has 19 heavy (non-hydrogen) atoms. The molecular weight excluding hydrogens is 238 g/mol. The van der Waals surface area contributed by atoms with Crippen molar-refractivity contribution in [3.8, 4) is 0 Å². The second-order valence-corrected chi connectivity index (χ2v) is 4.91. The lowest BCUT2D eigenvalue weighted by molar-refractivity contribution is 0.0940. The number of hydrogen-bond donors (Lipinski definition) is 2. The summed E-state index contributed by atoms with van der Waals surface area (Å²) in [5, 5.41) is 12.6. The van der Waals surface area contributed by atoms with Crippen LogP contribution >= 0.6 is 0 Å². The Morgan fingerprint density at radius 1 is 1.16 bits per heavy atom. The number of benzene rings is 1. The fourth-order valence-electron chi connectivity index (χ4n) is 1.99. The van der Waals surface area contributed by atoms with Crippen molar-refractivity contribution < 1.29 is 9.90 Å². The number of unbranched alkanes of at least 4 members (excludes halogenated alkanes) is 3. The summed E-state index contributed by atoms with van der Waals surface area (Å²) in [5.41, 5.74) is 0.667. The Hall–Kier alpha value is -1.35. The molecule has 1 atom stereocenters.